The van der Waals surface area contributed by atoms with Gasteiger partial charge in [0.25, 0.3) is 0 Å². The summed E-state index contributed by atoms with van der Waals surface area (Å²) in [6, 6.07) is 0. The molecule has 0 bridgehead atoms. The molecule has 1 atom stereocenters. The maximum atomic E-state index is 14.2. The van der Waals surface area contributed by atoms with Crippen molar-refractivity contribution in [1.29, 1.82) is 0 Å². The lowest BCUT2D eigenvalue weighted by Crippen LogP contribution is -2.33. The van der Waals surface area contributed by atoms with Crippen LogP contribution in [-0.4, -0.2) is 36.6 Å². The Balaban J connectivity index is 2.19. The highest BCUT2D eigenvalue weighted by Crippen LogP contribution is 2.33. The van der Waals surface area contributed by atoms with Crippen molar-refractivity contribution in [2.24, 2.45) is 5.41 Å². The van der Waals surface area contributed by atoms with Gasteiger partial charge in [-0.2, -0.15) is 0 Å². The summed E-state index contributed by atoms with van der Waals surface area (Å²) in [5, 5.41) is 3.21. The van der Waals surface area contributed by atoms with Gasteiger partial charge in [-0.15, -0.1) is 0 Å². The molecule has 0 spiro atoms. The van der Waals surface area contributed by atoms with Gasteiger partial charge in [-0.3, -0.25) is 0 Å². The van der Waals surface area contributed by atoms with Crippen molar-refractivity contribution in [3.05, 3.63) is 17.8 Å². The van der Waals surface area contributed by atoms with Gasteiger partial charge in [0.05, 0.1) is 5.69 Å². The normalized spacial score (nSPS) is 23.7. The molecule has 0 aliphatic carbocycles. The molecule has 5 heteroatoms. The summed E-state index contributed by atoms with van der Waals surface area (Å²) in [7, 11) is 1.95. The zero-order valence-electron chi connectivity index (χ0n) is 11.3. The molecule has 1 aromatic heterocycles. The molecule has 100 valence electrons. The number of nitrogens with one attached hydrogen (secondary N) is 1. The maximum absolute atomic E-state index is 14.2. The maximum Gasteiger partial charge on any atom is 0.187 e. The molecule has 1 unspecified atom stereocenters. The van der Waals surface area contributed by atoms with Crippen LogP contribution >= 0.6 is 0 Å². The summed E-state index contributed by atoms with van der Waals surface area (Å²) in [6.07, 6.45) is 3.12. The number of aryl methyl sites for hydroxylation is 1. The van der Waals surface area contributed by atoms with E-state index in [2.05, 4.69) is 22.2 Å². The Bertz CT molecular complexity index is 423. The van der Waals surface area contributed by atoms with Crippen LogP contribution in [0.25, 0.3) is 0 Å². The Labute approximate surface area is 108 Å². The summed E-state index contributed by atoms with van der Waals surface area (Å²) >= 11 is 0. The molecule has 1 aromatic rings. The predicted octanol–water partition coefficient (Wildman–Crippen LogP) is 1.61. The molecule has 0 saturated carbocycles. The van der Waals surface area contributed by atoms with Crippen LogP contribution in [0.5, 0.6) is 0 Å². The smallest absolute Gasteiger partial charge is 0.187 e. The fourth-order valence-corrected chi connectivity index (χ4v) is 2.64. The Morgan fingerprint density at radius 1 is 1.50 bits per heavy atom. The average molecular weight is 252 g/mol. The Hall–Kier alpha value is -1.23. The minimum Gasteiger partial charge on any atom is -0.353 e. The summed E-state index contributed by atoms with van der Waals surface area (Å²) in [5.74, 6) is 0.204. The van der Waals surface area contributed by atoms with E-state index >= 15 is 0 Å². The Morgan fingerprint density at radius 2 is 2.28 bits per heavy atom. The molecule has 1 aliphatic rings. The standard InChI is InChI=1S/C13H21FN4/c1-4-10-11(14)12(17-9-16-10)18-6-5-13(2,8-18)7-15-3/h9,15H,4-8H2,1-3H3. The average Bonchev–Trinajstić information content (AvgIpc) is 2.72. The molecule has 2 heterocycles. The van der Waals surface area contributed by atoms with Gasteiger partial charge >= 0.3 is 0 Å². The Kier molecular flexibility index (Phi) is 3.80. The number of anilines is 1. The van der Waals surface area contributed by atoms with Crippen molar-refractivity contribution in [2.75, 3.05) is 31.6 Å². The molecule has 0 amide bonds. The second-order valence-electron chi connectivity index (χ2n) is 5.32. The van der Waals surface area contributed by atoms with Gasteiger partial charge in [-0.25, -0.2) is 14.4 Å². The zero-order chi connectivity index (χ0) is 13.2. The van der Waals surface area contributed by atoms with Crippen LogP contribution in [-0.2, 0) is 6.42 Å². The van der Waals surface area contributed by atoms with Crippen LogP contribution < -0.4 is 10.2 Å². The summed E-state index contributed by atoms with van der Waals surface area (Å²) in [5.41, 5.74) is 0.695. The Morgan fingerprint density at radius 3 is 2.94 bits per heavy atom. The first kappa shape index (κ1) is 13.2. The van der Waals surface area contributed by atoms with Crippen LogP contribution in [0.4, 0.5) is 10.2 Å². The van der Waals surface area contributed by atoms with E-state index in [1.807, 2.05) is 18.9 Å². The first-order chi connectivity index (χ1) is 8.59. The fraction of sp³-hybridized carbons (Fsp3) is 0.692. The largest absolute Gasteiger partial charge is 0.353 e. The molecule has 1 saturated heterocycles. The summed E-state index contributed by atoms with van der Waals surface area (Å²) in [6.45, 7) is 6.77. The van der Waals surface area contributed by atoms with Crippen LogP contribution in [0.1, 0.15) is 26.0 Å². The first-order valence-electron chi connectivity index (χ1n) is 6.48. The predicted molar refractivity (Wildman–Crippen MR) is 70.2 cm³/mol. The molecule has 0 aromatic carbocycles. The van der Waals surface area contributed by atoms with Crippen molar-refractivity contribution >= 4 is 5.82 Å². The lowest BCUT2D eigenvalue weighted by atomic mass is 9.90. The van der Waals surface area contributed by atoms with E-state index in [0.29, 0.717) is 17.9 Å². The highest BCUT2D eigenvalue weighted by atomic mass is 19.1. The first-order valence-corrected chi connectivity index (χ1v) is 6.48. The van der Waals surface area contributed by atoms with E-state index in [9.17, 15) is 4.39 Å². The summed E-state index contributed by atoms with van der Waals surface area (Å²) in [4.78, 5) is 10.1. The molecule has 2 rings (SSSR count). The van der Waals surface area contributed by atoms with Crippen LogP contribution in [0.2, 0.25) is 0 Å². The minimum absolute atomic E-state index is 0.193. The number of rotatable bonds is 4. The van der Waals surface area contributed by atoms with Gasteiger partial charge in [0.1, 0.15) is 6.33 Å². The van der Waals surface area contributed by atoms with E-state index in [1.165, 1.54) is 6.33 Å². The quantitative estimate of drug-likeness (QED) is 0.884. The lowest BCUT2D eigenvalue weighted by Gasteiger charge is -2.25. The van der Waals surface area contributed by atoms with Crippen molar-refractivity contribution in [1.82, 2.24) is 15.3 Å². The van der Waals surface area contributed by atoms with Crippen molar-refractivity contribution in [3.63, 3.8) is 0 Å². The van der Waals surface area contributed by atoms with E-state index < -0.39 is 0 Å². The van der Waals surface area contributed by atoms with Gasteiger partial charge in [-0.05, 0) is 25.3 Å². The number of nitrogens with zero attached hydrogens (tertiary/aromatic N) is 3. The minimum atomic E-state index is -0.256. The number of aromatic nitrogens is 2. The van der Waals surface area contributed by atoms with Gasteiger partial charge in [-0.1, -0.05) is 13.8 Å². The van der Waals surface area contributed by atoms with Crippen molar-refractivity contribution in [3.8, 4) is 0 Å². The monoisotopic (exact) mass is 252 g/mol. The molecule has 1 fully saturated rings. The molecular formula is C13H21FN4. The van der Waals surface area contributed by atoms with E-state index in [0.717, 1.165) is 26.1 Å². The highest BCUT2D eigenvalue weighted by molar-refractivity contribution is 5.42. The van der Waals surface area contributed by atoms with Crippen molar-refractivity contribution < 1.29 is 4.39 Å². The zero-order valence-corrected chi connectivity index (χ0v) is 11.3. The third kappa shape index (κ3) is 2.46. The second-order valence-corrected chi connectivity index (χ2v) is 5.32. The SMILES string of the molecule is CCc1ncnc(N2CCC(C)(CNC)C2)c1F. The summed E-state index contributed by atoms with van der Waals surface area (Å²) < 4.78 is 14.2. The third-order valence-corrected chi connectivity index (χ3v) is 3.64. The van der Waals surface area contributed by atoms with Gasteiger partial charge in [0, 0.05) is 19.6 Å². The molecular weight excluding hydrogens is 231 g/mol. The number of hydrogen-bond acceptors (Lipinski definition) is 4. The lowest BCUT2D eigenvalue weighted by molar-refractivity contribution is 0.355. The molecule has 4 nitrogen and oxygen atoms in total. The molecule has 0 radical (unpaired) electrons. The number of hydrogen-bond donors (Lipinski definition) is 1. The van der Waals surface area contributed by atoms with E-state index in [-0.39, 0.29) is 11.2 Å². The second kappa shape index (κ2) is 5.18. The third-order valence-electron chi connectivity index (χ3n) is 3.64. The number of halogens is 1. The van der Waals surface area contributed by atoms with Crippen LogP contribution in [0, 0.1) is 11.2 Å². The molecule has 18 heavy (non-hydrogen) atoms. The molecule has 1 N–H and O–H groups in total. The topological polar surface area (TPSA) is 41.1 Å². The van der Waals surface area contributed by atoms with E-state index in [4.69, 9.17) is 0 Å². The van der Waals surface area contributed by atoms with Gasteiger partial charge < -0.3 is 10.2 Å². The fourth-order valence-electron chi connectivity index (χ4n) is 2.64. The molecule has 1 aliphatic heterocycles. The highest BCUT2D eigenvalue weighted by Gasteiger charge is 2.35. The van der Waals surface area contributed by atoms with Crippen LogP contribution in [0.15, 0.2) is 6.33 Å². The van der Waals surface area contributed by atoms with Gasteiger partial charge in [0.2, 0.25) is 0 Å². The van der Waals surface area contributed by atoms with Gasteiger partial charge in [0.15, 0.2) is 11.6 Å². The van der Waals surface area contributed by atoms with Crippen LogP contribution in [0.3, 0.4) is 0 Å². The van der Waals surface area contributed by atoms with E-state index in [1.54, 1.807) is 0 Å². The van der Waals surface area contributed by atoms with Crippen molar-refractivity contribution in [2.45, 2.75) is 26.7 Å².